The molecular weight excluding hydrogens is 342 g/mol. The fourth-order valence-corrected chi connectivity index (χ4v) is 3.25. The van der Waals surface area contributed by atoms with E-state index in [-0.39, 0.29) is 42.4 Å². The maximum absolute atomic E-state index is 12.8. The van der Waals surface area contributed by atoms with Crippen molar-refractivity contribution in [2.75, 3.05) is 25.0 Å². The Bertz CT molecular complexity index is 619. The second-order valence-corrected chi connectivity index (χ2v) is 6.55. The molecule has 1 aromatic carbocycles. The minimum atomic E-state index is -0.376. The summed E-state index contributed by atoms with van der Waals surface area (Å²) < 4.78 is 5.39. The Morgan fingerprint density at radius 1 is 1.32 bits per heavy atom. The molecule has 0 aromatic heterocycles. The smallest absolute Gasteiger partial charge is 0.254 e. The van der Waals surface area contributed by atoms with E-state index in [9.17, 15) is 9.59 Å². The standard InChI is InChI=1S/C18H25N3O3.ClH/c1-12-13(2)21(9-8-19-12)18(23)14-5-3-6-15(11-14)20-17(22)16-7-4-10-24-16;/h3,5-6,11-13,16,19H,4,7-10H2,1-2H3,(H,20,22);1H. The molecule has 138 valence electrons. The summed E-state index contributed by atoms with van der Waals surface area (Å²) in [7, 11) is 0. The molecule has 3 atom stereocenters. The van der Waals surface area contributed by atoms with E-state index >= 15 is 0 Å². The van der Waals surface area contributed by atoms with Crippen LogP contribution in [0.2, 0.25) is 0 Å². The van der Waals surface area contributed by atoms with E-state index in [1.807, 2.05) is 4.90 Å². The van der Waals surface area contributed by atoms with Gasteiger partial charge in [0.25, 0.3) is 11.8 Å². The maximum Gasteiger partial charge on any atom is 0.254 e. The normalized spacial score (nSPS) is 26.0. The second kappa shape index (κ2) is 8.65. The van der Waals surface area contributed by atoms with Crippen LogP contribution >= 0.6 is 12.4 Å². The molecule has 1 aromatic rings. The summed E-state index contributed by atoms with van der Waals surface area (Å²) in [4.78, 5) is 26.9. The minimum Gasteiger partial charge on any atom is -0.368 e. The van der Waals surface area contributed by atoms with Gasteiger partial charge >= 0.3 is 0 Å². The zero-order valence-corrected chi connectivity index (χ0v) is 15.5. The van der Waals surface area contributed by atoms with Crippen molar-refractivity contribution in [2.45, 2.75) is 44.9 Å². The highest BCUT2D eigenvalue weighted by Gasteiger charge is 2.29. The third kappa shape index (κ3) is 4.51. The van der Waals surface area contributed by atoms with Gasteiger partial charge in [-0.2, -0.15) is 0 Å². The molecule has 2 fully saturated rings. The molecule has 2 aliphatic rings. The average Bonchev–Trinajstić information content (AvgIpc) is 3.12. The second-order valence-electron chi connectivity index (χ2n) is 6.55. The number of piperazine rings is 1. The van der Waals surface area contributed by atoms with Crippen LogP contribution in [0.5, 0.6) is 0 Å². The van der Waals surface area contributed by atoms with Crippen molar-refractivity contribution in [3.05, 3.63) is 29.8 Å². The first kappa shape index (κ1) is 19.7. The topological polar surface area (TPSA) is 70.7 Å². The van der Waals surface area contributed by atoms with Crippen LogP contribution in [0.3, 0.4) is 0 Å². The van der Waals surface area contributed by atoms with Crippen LogP contribution in [0, 0.1) is 0 Å². The van der Waals surface area contributed by atoms with E-state index in [4.69, 9.17) is 4.74 Å². The molecule has 0 aliphatic carbocycles. The Morgan fingerprint density at radius 3 is 2.84 bits per heavy atom. The highest BCUT2D eigenvalue weighted by molar-refractivity contribution is 5.98. The Morgan fingerprint density at radius 2 is 2.12 bits per heavy atom. The van der Waals surface area contributed by atoms with E-state index in [1.54, 1.807) is 24.3 Å². The number of hydrogen-bond acceptors (Lipinski definition) is 4. The van der Waals surface area contributed by atoms with Crippen molar-refractivity contribution in [1.29, 1.82) is 0 Å². The van der Waals surface area contributed by atoms with Crippen molar-refractivity contribution in [1.82, 2.24) is 10.2 Å². The summed E-state index contributed by atoms with van der Waals surface area (Å²) in [5.74, 6) is -0.134. The number of halogens is 1. The first-order valence-corrected chi connectivity index (χ1v) is 8.63. The number of ether oxygens (including phenoxy) is 1. The van der Waals surface area contributed by atoms with E-state index in [0.29, 0.717) is 24.4 Å². The lowest BCUT2D eigenvalue weighted by molar-refractivity contribution is -0.124. The fraction of sp³-hybridized carbons (Fsp3) is 0.556. The van der Waals surface area contributed by atoms with Gasteiger partial charge in [0.2, 0.25) is 0 Å². The lowest BCUT2D eigenvalue weighted by atomic mass is 10.0. The molecule has 2 saturated heterocycles. The number of carbonyl (C=O) groups excluding carboxylic acids is 2. The molecule has 0 radical (unpaired) electrons. The number of benzene rings is 1. The third-order valence-corrected chi connectivity index (χ3v) is 4.89. The Hall–Kier alpha value is -1.63. The zero-order valence-electron chi connectivity index (χ0n) is 14.7. The summed E-state index contributed by atoms with van der Waals surface area (Å²) in [5.41, 5.74) is 1.23. The van der Waals surface area contributed by atoms with Crippen molar-refractivity contribution in [2.24, 2.45) is 0 Å². The fourth-order valence-electron chi connectivity index (χ4n) is 3.25. The Balaban J connectivity index is 0.00000225. The van der Waals surface area contributed by atoms with Crippen molar-refractivity contribution in [3.63, 3.8) is 0 Å². The van der Waals surface area contributed by atoms with Gasteiger partial charge in [-0.05, 0) is 44.9 Å². The Kier molecular flexibility index (Phi) is 6.81. The zero-order chi connectivity index (χ0) is 17.1. The van der Waals surface area contributed by atoms with Gasteiger partial charge in [0.15, 0.2) is 0 Å². The summed E-state index contributed by atoms with van der Waals surface area (Å²) in [6.45, 7) is 6.26. The number of carbonyl (C=O) groups is 2. The SMILES string of the molecule is CC1NCCN(C(=O)c2cccc(NC(=O)C3CCCO3)c2)C1C.Cl. The predicted molar refractivity (Wildman–Crippen MR) is 99.3 cm³/mol. The van der Waals surface area contributed by atoms with Crippen molar-refractivity contribution < 1.29 is 14.3 Å². The molecular formula is C18H26ClN3O3. The molecule has 7 heteroatoms. The summed E-state index contributed by atoms with van der Waals surface area (Å²) in [6.07, 6.45) is 1.29. The van der Waals surface area contributed by atoms with Gasteiger partial charge in [-0.15, -0.1) is 12.4 Å². The molecule has 2 N–H and O–H groups in total. The van der Waals surface area contributed by atoms with Crippen LogP contribution in [0.1, 0.15) is 37.0 Å². The number of hydrogen-bond donors (Lipinski definition) is 2. The summed E-state index contributed by atoms with van der Waals surface area (Å²) >= 11 is 0. The van der Waals surface area contributed by atoms with E-state index in [0.717, 1.165) is 19.4 Å². The molecule has 2 amide bonds. The minimum absolute atomic E-state index is 0. The van der Waals surface area contributed by atoms with Crippen molar-refractivity contribution >= 4 is 29.9 Å². The quantitative estimate of drug-likeness (QED) is 0.857. The first-order valence-electron chi connectivity index (χ1n) is 8.63. The van der Waals surface area contributed by atoms with Gasteiger partial charge in [-0.25, -0.2) is 0 Å². The van der Waals surface area contributed by atoms with Gasteiger partial charge in [0.1, 0.15) is 6.10 Å². The van der Waals surface area contributed by atoms with Crippen LogP contribution in [0.25, 0.3) is 0 Å². The number of nitrogens with zero attached hydrogens (tertiary/aromatic N) is 1. The van der Waals surface area contributed by atoms with Gasteiger partial charge in [0, 0.05) is 43.0 Å². The largest absolute Gasteiger partial charge is 0.368 e. The van der Waals surface area contributed by atoms with E-state index < -0.39 is 0 Å². The number of rotatable bonds is 3. The lowest BCUT2D eigenvalue weighted by Gasteiger charge is -2.38. The van der Waals surface area contributed by atoms with Gasteiger partial charge < -0.3 is 20.3 Å². The lowest BCUT2D eigenvalue weighted by Crippen LogP contribution is -2.57. The average molecular weight is 368 g/mol. The van der Waals surface area contributed by atoms with Crippen LogP contribution in [0.4, 0.5) is 5.69 Å². The predicted octanol–water partition coefficient (Wildman–Crippen LogP) is 2.05. The van der Waals surface area contributed by atoms with Crippen LogP contribution < -0.4 is 10.6 Å². The highest BCUT2D eigenvalue weighted by atomic mass is 35.5. The van der Waals surface area contributed by atoms with Crippen LogP contribution in [-0.2, 0) is 9.53 Å². The molecule has 2 aliphatic heterocycles. The summed E-state index contributed by atoms with van der Waals surface area (Å²) in [5, 5.41) is 6.23. The highest BCUT2D eigenvalue weighted by Crippen LogP contribution is 2.19. The Labute approximate surface area is 154 Å². The monoisotopic (exact) mass is 367 g/mol. The number of anilines is 1. The molecule has 3 rings (SSSR count). The maximum atomic E-state index is 12.8. The summed E-state index contributed by atoms with van der Waals surface area (Å²) in [6, 6.07) is 7.54. The first-order chi connectivity index (χ1) is 11.6. The number of amides is 2. The molecule has 0 bridgehead atoms. The molecule has 25 heavy (non-hydrogen) atoms. The molecule has 2 heterocycles. The molecule has 0 spiro atoms. The third-order valence-electron chi connectivity index (χ3n) is 4.89. The van der Waals surface area contributed by atoms with Crippen molar-refractivity contribution in [3.8, 4) is 0 Å². The van der Waals surface area contributed by atoms with Gasteiger partial charge in [-0.3, -0.25) is 9.59 Å². The molecule has 3 unspecified atom stereocenters. The van der Waals surface area contributed by atoms with E-state index in [2.05, 4.69) is 24.5 Å². The van der Waals surface area contributed by atoms with Gasteiger partial charge in [0.05, 0.1) is 0 Å². The van der Waals surface area contributed by atoms with Crippen LogP contribution in [0.15, 0.2) is 24.3 Å². The molecule has 0 saturated carbocycles. The van der Waals surface area contributed by atoms with Crippen LogP contribution in [-0.4, -0.2) is 54.6 Å². The van der Waals surface area contributed by atoms with E-state index in [1.165, 1.54) is 0 Å². The molecule has 6 nitrogen and oxygen atoms in total. The van der Waals surface area contributed by atoms with Gasteiger partial charge in [-0.1, -0.05) is 6.07 Å². The number of nitrogens with one attached hydrogen (secondary N) is 2.